The van der Waals surface area contributed by atoms with Crippen LogP contribution in [0.3, 0.4) is 0 Å². The molecule has 1 amide bonds. The molecule has 36 heavy (non-hydrogen) atoms. The van der Waals surface area contributed by atoms with E-state index in [9.17, 15) is 14.3 Å². The lowest BCUT2D eigenvalue weighted by molar-refractivity contribution is -0.265. The summed E-state index contributed by atoms with van der Waals surface area (Å²) in [6, 6.07) is 4.37. The highest BCUT2D eigenvalue weighted by molar-refractivity contribution is 6.31. The Balaban J connectivity index is 1.25. The first-order valence-electron chi connectivity index (χ1n) is 12.3. The van der Waals surface area contributed by atoms with E-state index in [1.807, 2.05) is 20.9 Å². The molecule has 0 bridgehead atoms. The number of aliphatic hydroxyl groups is 1. The van der Waals surface area contributed by atoms with Gasteiger partial charge in [-0.3, -0.25) is 9.69 Å². The first-order chi connectivity index (χ1) is 17.2. The van der Waals surface area contributed by atoms with Crippen molar-refractivity contribution < 1.29 is 19.0 Å². The molecule has 2 aromatic heterocycles. The van der Waals surface area contributed by atoms with Crippen molar-refractivity contribution in [2.45, 2.75) is 64.9 Å². The summed E-state index contributed by atoms with van der Waals surface area (Å²) in [6.07, 6.45) is 1.20. The Labute approximate surface area is 213 Å². The van der Waals surface area contributed by atoms with Crippen molar-refractivity contribution >= 4 is 23.2 Å². The van der Waals surface area contributed by atoms with Gasteiger partial charge in [0.25, 0.3) is 5.91 Å². The molecule has 0 radical (unpaired) electrons. The zero-order chi connectivity index (χ0) is 25.5. The second kappa shape index (κ2) is 8.13. The third-order valence-electron chi connectivity index (χ3n) is 8.44. The standard InChI is InChI=1S/C26H29ClFN5O3/c1-5-21-26(9-19(34)23(26)31(21)4)12-36-20-8-15(28)6-7-16(20)25(35)32-10-17-18(11-32)30-33-14(3)22(27)13(2)29-24(17)33/h6-8,19,21,23,34H,5,9-12H2,1-4H3. The maximum absolute atomic E-state index is 14.2. The zero-order valence-corrected chi connectivity index (χ0v) is 21.5. The lowest BCUT2D eigenvalue weighted by Crippen LogP contribution is -2.82. The van der Waals surface area contributed by atoms with E-state index in [4.69, 9.17) is 16.3 Å². The number of fused-ring (bicyclic) bond motifs is 4. The molecule has 8 nitrogen and oxygen atoms in total. The molecule has 1 saturated heterocycles. The molecule has 3 aliphatic rings. The monoisotopic (exact) mass is 513 g/mol. The van der Waals surface area contributed by atoms with Crippen LogP contribution in [0.5, 0.6) is 5.75 Å². The van der Waals surface area contributed by atoms with Gasteiger partial charge in [0.15, 0.2) is 5.65 Å². The summed E-state index contributed by atoms with van der Waals surface area (Å²) >= 11 is 6.34. The molecular formula is C26H29ClFN5O3. The summed E-state index contributed by atoms with van der Waals surface area (Å²) < 4.78 is 22.1. The Kier molecular flexibility index (Phi) is 5.34. The van der Waals surface area contributed by atoms with Crippen molar-refractivity contribution in [2.75, 3.05) is 13.7 Å². The number of aliphatic hydroxyl groups excluding tert-OH is 1. The molecule has 4 atom stereocenters. The summed E-state index contributed by atoms with van der Waals surface area (Å²) in [4.78, 5) is 22.1. The number of rotatable bonds is 5. The topological polar surface area (TPSA) is 83.2 Å². The van der Waals surface area contributed by atoms with Gasteiger partial charge in [0.1, 0.15) is 11.6 Å². The Morgan fingerprint density at radius 2 is 2.11 bits per heavy atom. The number of amides is 1. The number of hydrogen-bond acceptors (Lipinski definition) is 6. The zero-order valence-electron chi connectivity index (χ0n) is 20.8. The van der Waals surface area contributed by atoms with Crippen molar-refractivity contribution in [2.24, 2.45) is 5.41 Å². The maximum atomic E-state index is 14.2. The molecular weight excluding hydrogens is 485 g/mol. The van der Waals surface area contributed by atoms with E-state index in [1.165, 1.54) is 18.2 Å². The third kappa shape index (κ3) is 3.15. The van der Waals surface area contributed by atoms with Crippen LogP contribution in [0.25, 0.3) is 5.65 Å². The van der Waals surface area contributed by atoms with Gasteiger partial charge < -0.3 is 14.7 Å². The number of nitrogens with zero attached hydrogens (tertiary/aromatic N) is 5. The number of ether oxygens (including phenoxy) is 1. The lowest BCUT2D eigenvalue weighted by Gasteiger charge is -2.71. The summed E-state index contributed by atoms with van der Waals surface area (Å²) in [5.41, 5.74) is 4.04. The largest absolute Gasteiger partial charge is 0.492 e. The van der Waals surface area contributed by atoms with Crippen LogP contribution in [-0.2, 0) is 13.1 Å². The number of aromatic nitrogens is 3. The van der Waals surface area contributed by atoms with Crippen LogP contribution in [0.15, 0.2) is 18.2 Å². The van der Waals surface area contributed by atoms with Crippen LogP contribution < -0.4 is 4.74 Å². The van der Waals surface area contributed by atoms with E-state index >= 15 is 0 Å². The summed E-state index contributed by atoms with van der Waals surface area (Å²) in [6.45, 7) is 6.87. The van der Waals surface area contributed by atoms with E-state index in [0.717, 1.165) is 23.4 Å². The van der Waals surface area contributed by atoms with Gasteiger partial charge in [-0.1, -0.05) is 18.5 Å². The van der Waals surface area contributed by atoms with Crippen molar-refractivity contribution in [3.63, 3.8) is 0 Å². The fourth-order valence-corrected chi connectivity index (χ4v) is 6.86. The summed E-state index contributed by atoms with van der Waals surface area (Å²) in [7, 11) is 2.02. The van der Waals surface area contributed by atoms with Crippen LogP contribution in [-0.4, -0.2) is 67.3 Å². The predicted octanol–water partition coefficient (Wildman–Crippen LogP) is 3.52. The molecule has 1 saturated carbocycles. The molecule has 1 aromatic carbocycles. The van der Waals surface area contributed by atoms with Gasteiger partial charge in [-0.2, -0.15) is 5.10 Å². The minimum Gasteiger partial charge on any atom is -0.492 e. The predicted molar refractivity (Wildman–Crippen MR) is 132 cm³/mol. The number of piperidine rings is 1. The minimum atomic E-state index is -0.462. The van der Waals surface area contributed by atoms with Crippen molar-refractivity contribution in [1.82, 2.24) is 24.4 Å². The highest BCUT2D eigenvalue weighted by Gasteiger charge is 2.68. The fourth-order valence-electron chi connectivity index (χ4n) is 6.74. The summed E-state index contributed by atoms with van der Waals surface area (Å²) in [5, 5.41) is 15.5. The van der Waals surface area contributed by atoms with Crippen molar-refractivity contribution in [3.05, 3.63) is 57.2 Å². The van der Waals surface area contributed by atoms with Crippen molar-refractivity contribution in [3.8, 4) is 5.75 Å². The Hall–Kier alpha value is -2.75. The molecule has 6 rings (SSSR count). The van der Waals surface area contributed by atoms with Gasteiger partial charge in [-0.25, -0.2) is 13.9 Å². The van der Waals surface area contributed by atoms with E-state index in [0.29, 0.717) is 48.0 Å². The van der Waals surface area contributed by atoms with Crippen LogP contribution >= 0.6 is 11.6 Å². The van der Waals surface area contributed by atoms with E-state index in [1.54, 1.807) is 9.42 Å². The number of likely N-dealkylation sites (tertiary alicyclic amines) is 1. The maximum Gasteiger partial charge on any atom is 0.258 e. The number of aryl methyl sites for hydroxylation is 2. The molecule has 2 aliphatic heterocycles. The highest BCUT2D eigenvalue weighted by atomic mass is 35.5. The van der Waals surface area contributed by atoms with Gasteiger partial charge >= 0.3 is 0 Å². The average Bonchev–Trinajstić information content (AvgIpc) is 3.39. The van der Waals surface area contributed by atoms with Gasteiger partial charge in [0, 0.05) is 29.1 Å². The number of carbonyl (C=O) groups is 1. The van der Waals surface area contributed by atoms with E-state index in [-0.39, 0.29) is 35.3 Å². The molecule has 10 heteroatoms. The van der Waals surface area contributed by atoms with Gasteiger partial charge in [-0.15, -0.1) is 0 Å². The Bertz CT molecular complexity index is 1400. The first-order valence-corrected chi connectivity index (χ1v) is 12.7. The molecule has 190 valence electrons. The number of likely N-dealkylation sites (N-methyl/N-ethyl adjacent to an activating group) is 1. The third-order valence-corrected chi connectivity index (χ3v) is 8.98. The highest BCUT2D eigenvalue weighted by Crippen LogP contribution is 2.58. The Morgan fingerprint density at radius 3 is 2.83 bits per heavy atom. The smallest absolute Gasteiger partial charge is 0.258 e. The van der Waals surface area contributed by atoms with Gasteiger partial charge in [0.05, 0.1) is 53.5 Å². The minimum absolute atomic E-state index is 0.0352. The Morgan fingerprint density at radius 1 is 1.33 bits per heavy atom. The van der Waals surface area contributed by atoms with Gasteiger partial charge in [-0.05, 0) is 45.9 Å². The molecule has 4 unspecified atom stereocenters. The van der Waals surface area contributed by atoms with Crippen LogP contribution in [0, 0.1) is 25.1 Å². The average molecular weight is 514 g/mol. The molecule has 3 aromatic rings. The lowest BCUT2D eigenvalue weighted by atomic mass is 9.50. The van der Waals surface area contributed by atoms with Crippen molar-refractivity contribution in [1.29, 1.82) is 0 Å². The quantitative estimate of drug-likeness (QED) is 0.562. The molecule has 1 aliphatic carbocycles. The van der Waals surface area contributed by atoms with E-state index in [2.05, 4.69) is 21.9 Å². The normalized spacial score (nSPS) is 27.0. The van der Waals surface area contributed by atoms with Crippen LogP contribution in [0.2, 0.25) is 5.02 Å². The van der Waals surface area contributed by atoms with Gasteiger partial charge in [0.2, 0.25) is 0 Å². The number of hydrogen-bond donors (Lipinski definition) is 1. The molecule has 2 fully saturated rings. The van der Waals surface area contributed by atoms with E-state index < -0.39 is 5.82 Å². The van der Waals surface area contributed by atoms with Crippen LogP contribution in [0.1, 0.15) is 52.8 Å². The first kappa shape index (κ1) is 23.6. The SMILES string of the molecule is CCC1N(C)C2C(O)CC12COc1cc(F)ccc1C(=O)N1Cc2nn3c(C)c(Cl)c(C)nc3c2C1. The molecule has 4 heterocycles. The number of carbonyl (C=O) groups excluding carboxylic acids is 1. The fraction of sp³-hybridized carbons (Fsp3) is 0.500. The molecule has 1 N–H and O–H groups in total. The molecule has 0 spiro atoms. The van der Waals surface area contributed by atoms with Crippen LogP contribution in [0.4, 0.5) is 4.39 Å². The number of benzene rings is 1. The second-order valence-electron chi connectivity index (χ2n) is 10.4. The second-order valence-corrected chi connectivity index (χ2v) is 10.8. The summed E-state index contributed by atoms with van der Waals surface area (Å²) in [5.74, 6) is -0.477. The number of halogens is 2.